The quantitative estimate of drug-likeness (QED) is 0.705. The molecule has 20 heavy (non-hydrogen) atoms. The largest absolute Gasteiger partial charge is 0.480 e. The van der Waals surface area contributed by atoms with E-state index in [-0.39, 0.29) is 6.61 Å². The summed E-state index contributed by atoms with van der Waals surface area (Å²) in [5, 5.41) is 18.2. The van der Waals surface area contributed by atoms with Crippen LogP contribution in [0, 0.1) is 0 Å². The van der Waals surface area contributed by atoms with Gasteiger partial charge in [0, 0.05) is 20.1 Å². The minimum absolute atomic E-state index is 0.00329. The Morgan fingerprint density at radius 3 is 3.00 bits per heavy atom. The number of carboxylic acids is 1. The van der Waals surface area contributed by atoms with Crippen molar-refractivity contribution in [2.75, 3.05) is 42.3 Å². The first-order valence-corrected chi connectivity index (χ1v) is 6.62. The Kier molecular flexibility index (Phi) is 4.29. The third-order valence-electron chi connectivity index (χ3n) is 3.52. The molecule has 1 unspecified atom stereocenters. The Labute approximate surface area is 117 Å². The Hall–Kier alpha value is -2.02. The molecule has 7 nitrogen and oxygen atoms in total. The number of nitrogen functional groups attached to an aromatic ring is 1. The third kappa shape index (κ3) is 2.77. The van der Waals surface area contributed by atoms with Crippen molar-refractivity contribution >= 4 is 23.3 Å². The van der Waals surface area contributed by atoms with Crippen molar-refractivity contribution in [1.82, 2.24) is 4.98 Å². The number of carboxylic acid groups (broad SMARTS) is 1. The summed E-state index contributed by atoms with van der Waals surface area (Å²) in [5.41, 5.74) is 6.40. The Bertz CT molecular complexity index is 495. The second kappa shape index (κ2) is 5.96. The summed E-state index contributed by atoms with van der Waals surface area (Å²) in [6, 6.07) is 2.94. The van der Waals surface area contributed by atoms with Crippen LogP contribution in [-0.2, 0) is 4.79 Å². The molecule has 1 saturated heterocycles. The second-order valence-corrected chi connectivity index (χ2v) is 4.92. The maximum atomic E-state index is 11.2. The Balaban J connectivity index is 2.29. The van der Waals surface area contributed by atoms with Crippen molar-refractivity contribution in [3.63, 3.8) is 0 Å². The molecule has 2 rings (SSSR count). The molecule has 110 valence electrons. The summed E-state index contributed by atoms with van der Waals surface area (Å²) < 4.78 is 0. The van der Waals surface area contributed by atoms with Gasteiger partial charge in [-0.1, -0.05) is 0 Å². The summed E-state index contributed by atoms with van der Waals surface area (Å²) in [7, 11) is 1.79. The van der Waals surface area contributed by atoms with Gasteiger partial charge in [0.25, 0.3) is 0 Å². The SMILES string of the molecule is CN(CCO)c1nc(N2CCCC2C(=O)O)ccc1N. The molecule has 1 aliphatic rings. The van der Waals surface area contributed by atoms with E-state index in [0.717, 1.165) is 6.42 Å². The van der Waals surface area contributed by atoms with Gasteiger partial charge < -0.3 is 25.7 Å². The van der Waals surface area contributed by atoms with Crippen molar-refractivity contribution in [1.29, 1.82) is 0 Å². The maximum Gasteiger partial charge on any atom is 0.326 e. The molecule has 0 aliphatic carbocycles. The number of aliphatic carboxylic acids is 1. The summed E-state index contributed by atoms with van der Waals surface area (Å²) in [4.78, 5) is 19.2. The van der Waals surface area contributed by atoms with E-state index >= 15 is 0 Å². The number of likely N-dealkylation sites (N-methyl/N-ethyl adjacent to an activating group) is 1. The van der Waals surface area contributed by atoms with Gasteiger partial charge in [0.1, 0.15) is 11.9 Å². The fraction of sp³-hybridized carbons (Fsp3) is 0.538. The molecule has 0 amide bonds. The van der Waals surface area contributed by atoms with Crippen LogP contribution in [0.15, 0.2) is 12.1 Å². The lowest BCUT2D eigenvalue weighted by Crippen LogP contribution is -2.36. The van der Waals surface area contributed by atoms with Crippen LogP contribution in [0.4, 0.5) is 17.3 Å². The highest BCUT2D eigenvalue weighted by Gasteiger charge is 2.31. The number of nitrogens with zero attached hydrogens (tertiary/aromatic N) is 3. The van der Waals surface area contributed by atoms with E-state index in [9.17, 15) is 9.90 Å². The highest BCUT2D eigenvalue weighted by molar-refractivity contribution is 5.79. The second-order valence-electron chi connectivity index (χ2n) is 4.92. The third-order valence-corrected chi connectivity index (χ3v) is 3.52. The number of aliphatic hydroxyl groups is 1. The summed E-state index contributed by atoms with van der Waals surface area (Å²) in [6.45, 7) is 1.10. The zero-order valence-corrected chi connectivity index (χ0v) is 11.5. The molecule has 1 aliphatic heterocycles. The van der Waals surface area contributed by atoms with Crippen LogP contribution in [0.5, 0.6) is 0 Å². The van der Waals surface area contributed by atoms with Crippen LogP contribution in [0.25, 0.3) is 0 Å². The van der Waals surface area contributed by atoms with Crippen LogP contribution in [0.1, 0.15) is 12.8 Å². The first-order valence-electron chi connectivity index (χ1n) is 6.62. The topological polar surface area (TPSA) is 103 Å². The number of aromatic nitrogens is 1. The highest BCUT2D eigenvalue weighted by Crippen LogP contribution is 2.28. The molecular formula is C13H20N4O3. The van der Waals surface area contributed by atoms with Gasteiger partial charge in [-0.05, 0) is 25.0 Å². The van der Waals surface area contributed by atoms with E-state index in [0.29, 0.717) is 36.8 Å². The molecule has 0 aromatic carbocycles. The molecule has 1 fully saturated rings. The molecule has 4 N–H and O–H groups in total. The number of pyridine rings is 1. The number of anilines is 3. The van der Waals surface area contributed by atoms with Gasteiger partial charge in [0.15, 0.2) is 5.82 Å². The molecule has 7 heteroatoms. The minimum atomic E-state index is -0.827. The Morgan fingerprint density at radius 1 is 1.60 bits per heavy atom. The monoisotopic (exact) mass is 280 g/mol. The van der Waals surface area contributed by atoms with Crippen LogP contribution in [-0.4, -0.2) is 54.0 Å². The van der Waals surface area contributed by atoms with Gasteiger partial charge in [0.2, 0.25) is 0 Å². The lowest BCUT2D eigenvalue weighted by molar-refractivity contribution is -0.138. The zero-order valence-electron chi connectivity index (χ0n) is 11.5. The molecule has 1 atom stereocenters. The Morgan fingerprint density at radius 2 is 2.35 bits per heavy atom. The van der Waals surface area contributed by atoms with E-state index in [1.807, 2.05) is 0 Å². The van der Waals surface area contributed by atoms with E-state index in [4.69, 9.17) is 10.8 Å². The molecule has 1 aromatic heterocycles. The van der Waals surface area contributed by atoms with Crippen LogP contribution in [0.3, 0.4) is 0 Å². The van der Waals surface area contributed by atoms with Gasteiger partial charge in [-0.2, -0.15) is 0 Å². The van der Waals surface area contributed by atoms with Gasteiger partial charge >= 0.3 is 5.97 Å². The van der Waals surface area contributed by atoms with E-state index < -0.39 is 12.0 Å². The van der Waals surface area contributed by atoms with E-state index in [1.165, 1.54) is 0 Å². The smallest absolute Gasteiger partial charge is 0.326 e. The minimum Gasteiger partial charge on any atom is -0.480 e. The first-order chi connectivity index (χ1) is 9.54. The van der Waals surface area contributed by atoms with Crippen LogP contribution < -0.4 is 15.5 Å². The lowest BCUT2D eigenvalue weighted by atomic mass is 10.2. The van der Waals surface area contributed by atoms with E-state index in [1.54, 1.807) is 29.0 Å². The summed E-state index contributed by atoms with van der Waals surface area (Å²) in [5.74, 6) is 0.350. The van der Waals surface area contributed by atoms with Gasteiger partial charge in [0.05, 0.1) is 12.3 Å². The predicted molar refractivity (Wildman–Crippen MR) is 77.0 cm³/mol. The molecule has 0 spiro atoms. The van der Waals surface area contributed by atoms with Crippen LogP contribution >= 0.6 is 0 Å². The summed E-state index contributed by atoms with van der Waals surface area (Å²) in [6.07, 6.45) is 1.47. The van der Waals surface area contributed by atoms with Gasteiger partial charge in [-0.15, -0.1) is 0 Å². The number of rotatable bonds is 5. The molecule has 0 radical (unpaired) electrons. The van der Waals surface area contributed by atoms with Gasteiger partial charge in [-0.3, -0.25) is 0 Å². The lowest BCUT2D eigenvalue weighted by Gasteiger charge is -2.25. The van der Waals surface area contributed by atoms with Crippen molar-refractivity contribution < 1.29 is 15.0 Å². The van der Waals surface area contributed by atoms with Crippen molar-refractivity contribution in [3.8, 4) is 0 Å². The van der Waals surface area contributed by atoms with Gasteiger partial charge in [-0.25, -0.2) is 9.78 Å². The molecule has 1 aromatic rings. The average Bonchev–Trinajstić information content (AvgIpc) is 2.89. The highest BCUT2D eigenvalue weighted by atomic mass is 16.4. The standard InChI is InChI=1S/C13H20N4O3/c1-16(7-8-18)12-9(14)4-5-11(15-12)17-6-2-3-10(17)13(19)20/h4-5,10,18H,2-3,6-8,14H2,1H3,(H,19,20). The van der Waals surface area contributed by atoms with Crippen molar-refractivity contribution in [2.45, 2.75) is 18.9 Å². The molecule has 2 heterocycles. The van der Waals surface area contributed by atoms with Crippen molar-refractivity contribution in [2.24, 2.45) is 0 Å². The molecule has 0 bridgehead atoms. The van der Waals surface area contributed by atoms with Crippen molar-refractivity contribution in [3.05, 3.63) is 12.1 Å². The number of hydrogen-bond donors (Lipinski definition) is 3. The number of nitrogens with two attached hydrogens (primary N) is 1. The normalized spacial score (nSPS) is 18.3. The first kappa shape index (κ1) is 14.4. The number of aliphatic hydroxyl groups excluding tert-OH is 1. The summed E-state index contributed by atoms with van der Waals surface area (Å²) >= 11 is 0. The average molecular weight is 280 g/mol. The van der Waals surface area contributed by atoms with Crippen LogP contribution in [0.2, 0.25) is 0 Å². The fourth-order valence-corrected chi connectivity index (χ4v) is 2.47. The predicted octanol–water partition coefficient (Wildman–Crippen LogP) is 0.146. The number of hydrogen-bond acceptors (Lipinski definition) is 6. The fourth-order valence-electron chi connectivity index (χ4n) is 2.47. The molecular weight excluding hydrogens is 260 g/mol. The van der Waals surface area contributed by atoms with E-state index in [2.05, 4.69) is 4.98 Å². The molecule has 0 saturated carbocycles. The maximum absolute atomic E-state index is 11.2. The number of carbonyl (C=O) groups is 1. The zero-order chi connectivity index (χ0) is 14.7.